The monoisotopic (exact) mass is 629 g/mol. The number of aromatic hydroxyl groups is 1. The topological polar surface area (TPSA) is 146 Å². The van der Waals surface area contributed by atoms with Crippen molar-refractivity contribution in [3.63, 3.8) is 0 Å². The summed E-state index contributed by atoms with van der Waals surface area (Å²) in [7, 11) is 0. The van der Waals surface area contributed by atoms with Gasteiger partial charge in [0.2, 0.25) is 11.7 Å². The van der Waals surface area contributed by atoms with E-state index in [1.54, 1.807) is 0 Å². The summed E-state index contributed by atoms with van der Waals surface area (Å²) in [5, 5.41) is 28.9. The Morgan fingerprint density at radius 3 is 2.23 bits per heavy atom. The molecule has 10 nitrogen and oxygen atoms in total. The smallest absolute Gasteiger partial charge is 0.311 e. The molecule has 44 heavy (non-hydrogen) atoms. The van der Waals surface area contributed by atoms with Crippen LogP contribution in [0.15, 0.2) is 24.3 Å². The van der Waals surface area contributed by atoms with Crippen LogP contribution in [0.2, 0.25) is 0 Å². The number of cyclic esters (lactones) is 1. The quantitative estimate of drug-likeness (QED) is 0.147. The van der Waals surface area contributed by atoms with Crippen molar-refractivity contribution in [1.29, 1.82) is 0 Å². The summed E-state index contributed by atoms with van der Waals surface area (Å²) in [4.78, 5) is 39.6. The molecule has 6 atom stereocenters. The number of nitrogens with one attached hydrogen (secondary N) is 3. The van der Waals surface area contributed by atoms with Gasteiger partial charge in [0, 0.05) is 18.0 Å². The number of carbonyl (C=O) groups is 3. The standard InChI is InChI=1S/C29H32F5N3O7/c1-12-26(39)17(9-16-20(30)22(32)24(34)23(33)21(16)31)36-28(41)25(37-27(40)15-5-3-4-6-18(15)38)13(2)35-11-43-10-19(14-7-8-14)44-29(12)42/h3-6,12-14,17,19,25-26,35,38-39H,7-11H2,1-2H3,(H,36,41)(H,37,40). The predicted octanol–water partition coefficient (Wildman–Crippen LogP) is 2.20. The third-order valence-electron chi connectivity index (χ3n) is 7.77. The molecule has 1 aliphatic heterocycles. The van der Waals surface area contributed by atoms with E-state index < -0.39 is 101 Å². The van der Waals surface area contributed by atoms with E-state index in [9.17, 15) is 46.5 Å². The second-order valence-corrected chi connectivity index (χ2v) is 10.9. The summed E-state index contributed by atoms with van der Waals surface area (Å²) >= 11 is 0. The number of amides is 2. The molecule has 4 rings (SSSR count). The molecule has 1 heterocycles. The van der Waals surface area contributed by atoms with Crippen molar-refractivity contribution in [2.24, 2.45) is 11.8 Å². The number of aliphatic hydroxyl groups excluding tert-OH is 1. The van der Waals surface area contributed by atoms with E-state index in [1.165, 1.54) is 38.1 Å². The fraction of sp³-hybridized carbons (Fsp3) is 0.483. The number of ether oxygens (including phenoxy) is 2. The third-order valence-corrected chi connectivity index (χ3v) is 7.77. The van der Waals surface area contributed by atoms with Crippen LogP contribution in [0.3, 0.4) is 0 Å². The molecule has 1 saturated heterocycles. The number of hydrogen-bond donors (Lipinski definition) is 5. The van der Waals surface area contributed by atoms with Gasteiger partial charge in [-0.2, -0.15) is 0 Å². The minimum atomic E-state index is -2.39. The molecule has 0 spiro atoms. The second kappa shape index (κ2) is 13.9. The Morgan fingerprint density at radius 1 is 1.00 bits per heavy atom. The van der Waals surface area contributed by atoms with Crippen LogP contribution in [0.1, 0.15) is 42.6 Å². The first-order valence-electron chi connectivity index (χ1n) is 13.9. The van der Waals surface area contributed by atoms with Gasteiger partial charge >= 0.3 is 5.97 Å². The first kappa shape index (κ1) is 33.1. The van der Waals surface area contributed by atoms with Crippen LogP contribution in [-0.2, 0) is 25.5 Å². The van der Waals surface area contributed by atoms with Gasteiger partial charge in [0.25, 0.3) is 5.91 Å². The van der Waals surface area contributed by atoms with Crippen molar-refractivity contribution >= 4 is 17.8 Å². The van der Waals surface area contributed by atoms with E-state index in [1.807, 2.05) is 0 Å². The van der Waals surface area contributed by atoms with Gasteiger partial charge in [-0.15, -0.1) is 0 Å². The van der Waals surface area contributed by atoms with Crippen molar-refractivity contribution in [3.8, 4) is 5.75 Å². The van der Waals surface area contributed by atoms with E-state index in [0.717, 1.165) is 12.8 Å². The molecule has 2 aromatic carbocycles. The number of hydrogen-bond acceptors (Lipinski definition) is 8. The highest BCUT2D eigenvalue weighted by Gasteiger charge is 2.40. The number of rotatable bonds is 5. The van der Waals surface area contributed by atoms with Gasteiger partial charge in [-0.1, -0.05) is 12.1 Å². The van der Waals surface area contributed by atoms with Gasteiger partial charge in [-0.05, 0) is 44.7 Å². The van der Waals surface area contributed by atoms with Crippen LogP contribution in [-0.4, -0.2) is 71.7 Å². The molecule has 6 unspecified atom stereocenters. The van der Waals surface area contributed by atoms with E-state index >= 15 is 0 Å². The Morgan fingerprint density at radius 2 is 1.61 bits per heavy atom. The summed E-state index contributed by atoms with van der Waals surface area (Å²) < 4.78 is 82.2. The molecule has 1 aliphatic carbocycles. The fourth-order valence-electron chi connectivity index (χ4n) is 4.84. The van der Waals surface area contributed by atoms with Gasteiger partial charge in [0.15, 0.2) is 23.3 Å². The zero-order chi connectivity index (χ0) is 32.3. The molecule has 2 fully saturated rings. The van der Waals surface area contributed by atoms with Crippen LogP contribution >= 0.6 is 0 Å². The molecule has 2 aliphatic rings. The average Bonchev–Trinajstić information content (AvgIpc) is 3.85. The van der Waals surface area contributed by atoms with Gasteiger partial charge in [0.05, 0.1) is 37.0 Å². The summed E-state index contributed by atoms with van der Waals surface area (Å²) in [6.07, 6.45) is -2.28. The van der Waals surface area contributed by atoms with Crippen LogP contribution < -0.4 is 16.0 Å². The molecule has 240 valence electrons. The Balaban J connectivity index is 1.71. The largest absolute Gasteiger partial charge is 0.507 e. The van der Waals surface area contributed by atoms with Gasteiger partial charge < -0.3 is 30.3 Å². The Bertz CT molecular complexity index is 1380. The Kier molecular flexibility index (Phi) is 10.4. The minimum Gasteiger partial charge on any atom is -0.507 e. The number of halogens is 5. The maximum Gasteiger partial charge on any atom is 0.311 e. The number of carbonyl (C=O) groups excluding carboxylic acids is 3. The van der Waals surface area contributed by atoms with Crippen LogP contribution in [0.4, 0.5) is 22.0 Å². The number of phenols is 1. The molecule has 15 heteroatoms. The first-order chi connectivity index (χ1) is 20.8. The summed E-state index contributed by atoms with van der Waals surface area (Å²) in [5.41, 5.74) is -1.53. The SMILES string of the molecule is CC1NCOCC(C2CC2)OC(=O)C(C)C(O)C(Cc2c(F)c(F)c(F)c(F)c2F)NC(=O)C1NC(=O)c1ccccc1O. The predicted molar refractivity (Wildman–Crippen MR) is 142 cm³/mol. The van der Waals surface area contributed by atoms with Gasteiger partial charge in [0.1, 0.15) is 17.9 Å². The van der Waals surface area contributed by atoms with E-state index in [4.69, 9.17) is 9.47 Å². The third kappa shape index (κ3) is 7.27. The Hall–Kier alpha value is -3.82. The van der Waals surface area contributed by atoms with E-state index in [2.05, 4.69) is 16.0 Å². The molecule has 2 aromatic rings. The first-order valence-corrected chi connectivity index (χ1v) is 13.9. The normalized spacial score (nSPS) is 27.2. The molecule has 0 aromatic heterocycles. The summed E-state index contributed by atoms with van der Waals surface area (Å²) in [6.45, 7) is 2.49. The van der Waals surface area contributed by atoms with Crippen molar-refractivity contribution in [3.05, 3.63) is 64.5 Å². The Labute approximate surface area is 248 Å². The highest BCUT2D eigenvalue weighted by atomic mass is 19.2. The van der Waals surface area contributed by atoms with E-state index in [0.29, 0.717) is 0 Å². The number of esters is 1. The number of phenolic OH excluding ortho intramolecular Hbond substituents is 1. The van der Waals surface area contributed by atoms with Crippen molar-refractivity contribution in [2.75, 3.05) is 13.3 Å². The second-order valence-electron chi connectivity index (χ2n) is 10.9. The lowest BCUT2D eigenvalue weighted by Gasteiger charge is -2.33. The number of aliphatic hydroxyl groups is 1. The van der Waals surface area contributed by atoms with Gasteiger partial charge in [-0.3, -0.25) is 19.7 Å². The zero-order valence-corrected chi connectivity index (χ0v) is 23.7. The molecule has 0 bridgehead atoms. The molecule has 5 N–H and O–H groups in total. The lowest BCUT2D eigenvalue weighted by Crippen LogP contribution is -2.60. The average molecular weight is 630 g/mol. The van der Waals surface area contributed by atoms with Crippen molar-refractivity contribution in [2.45, 2.75) is 63.4 Å². The molecule has 1 saturated carbocycles. The van der Waals surface area contributed by atoms with Crippen LogP contribution in [0.5, 0.6) is 5.75 Å². The molecule has 2 amide bonds. The maximum atomic E-state index is 14.7. The molecule has 0 radical (unpaired) electrons. The molecular weight excluding hydrogens is 597 g/mol. The fourth-order valence-corrected chi connectivity index (χ4v) is 4.84. The zero-order valence-electron chi connectivity index (χ0n) is 23.7. The van der Waals surface area contributed by atoms with Crippen LogP contribution in [0, 0.1) is 40.9 Å². The van der Waals surface area contributed by atoms with Gasteiger partial charge in [-0.25, -0.2) is 22.0 Å². The highest BCUT2D eigenvalue weighted by Crippen LogP contribution is 2.35. The highest BCUT2D eigenvalue weighted by molar-refractivity contribution is 5.99. The van der Waals surface area contributed by atoms with E-state index in [-0.39, 0.29) is 24.8 Å². The molecular formula is C29H32F5N3O7. The maximum absolute atomic E-state index is 14.7. The van der Waals surface area contributed by atoms with Crippen molar-refractivity contribution in [1.82, 2.24) is 16.0 Å². The summed E-state index contributed by atoms with van der Waals surface area (Å²) in [5.74, 6) is -16.0. The lowest BCUT2D eigenvalue weighted by molar-refractivity contribution is -0.163. The minimum absolute atomic E-state index is 0.0111. The van der Waals surface area contributed by atoms with Crippen molar-refractivity contribution < 1.29 is 56.0 Å². The summed E-state index contributed by atoms with van der Waals surface area (Å²) in [6, 6.07) is 1.23. The lowest BCUT2D eigenvalue weighted by atomic mass is 9.91. The van der Waals surface area contributed by atoms with Crippen LogP contribution in [0.25, 0.3) is 0 Å². The number of para-hydroxylation sites is 1. The number of benzene rings is 2.